The molecule has 0 aromatic heterocycles. The molecule has 258 valence electrons. The van der Waals surface area contributed by atoms with Gasteiger partial charge in [-0.3, -0.25) is 14.5 Å². The van der Waals surface area contributed by atoms with Crippen molar-refractivity contribution >= 4 is 18.0 Å². The Labute approximate surface area is 282 Å². The first-order chi connectivity index (χ1) is 23.7. The van der Waals surface area contributed by atoms with E-state index in [1.54, 1.807) is 4.90 Å². The Bertz CT molecular complexity index is 1600. The predicted octanol–water partition coefficient (Wildman–Crippen LogP) is 6.68. The summed E-state index contributed by atoms with van der Waals surface area (Å²) in [4.78, 5) is 48.7. The summed E-state index contributed by atoms with van der Waals surface area (Å²) in [6, 6.07) is 15.2. The topological polar surface area (TPSA) is 238 Å². The summed E-state index contributed by atoms with van der Waals surface area (Å²) in [5.74, 6) is -2.48. The zero-order chi connectivity index (χ0) is 35.3. The second-order valence-corrected chi connectivity index (χ2v) is 11.9. The number of carbonyl (C=O) groups is 3. The third-order valence-corrected chi connectivity index (χ3v) is 8.72. The maximum absolute atomic E-state index is 13.7. The first-order valence-electron chi connectivity index (χ1n) is 15.8. The lowest BCUT2D eigenvalue weighted by molar-refractivity contribution is -0.197. The molecule has 0 spiro atoms. The lowest BCUT2D eigenvalue weighted by atomic mass is 9.72. The number of carbonyl (C=O) groups excluding carboxylic acids is 3. The van der Waals surface area contributed by atoms with Crippen LogP contribution in [0.25, 0.3) is 31.3 Å². The Hall–Kier alpha value is -5.46. The number of azide groups is 3. The van der Waals surface area contributed by atoms with Crippen LogP contribution in [-0.4, -0.2) is 71.5 Å². The molecule has 2 aromatic carbocycles. The van der Waals surface area contributed by atoms with Crippen LogP contribution in [0.5, 0.6) is 0 Å². The van der Waals surface area contributed by atoms with Crippen molar-refractivity contribution in [1.29, 1.82) is 0 Å². The first-order valence-corrected chi connectivity index (χ1v) is 15.8. The van der Waals surface area contributed by atoms with Gasteiger partial charge in [-0.1, -0.05) is 76.0 Å². The predicted molar refractivity (Wildman–Crippen MR) is 174 cm³/mol. The van der Waals surface area contributed by atoms with E-state index < -0.39 is 72.5 Å². The van der Waals surface area contributed by atoms with Crippen LogP contribution in [0, 0.1) is 5.92 Å². The monoisotopic (exact) mass is 674 g/mol. The summed E-state index contributed by atoms with van der Waals surface area (Å²) < 4.78 is 23.7. The van der Waals surface area contributed by atoms with Crippen molar-refractivity contribution in [3.05, 3.63) is 103 Å². The number of nitrogens with zero attached hydrogens (tertiary/aromatic N) is 10. The van der Waals surface area contributed by atoms with E-state index in [1.165, 1.54) is 0 Å². The van der Waals surface area contributed by atoms with Crippen molar-refractivity contribution in [2.45, 2.75) is 102 Å². The van der Waals surface area contributed by atoms with E-state index in [4.69, 9.17) is 18.9 Å². The largest absolute Gasteiger partial charge is 0.458 e. The highest BCUT2D eigenvalue weighted by Gasteiger charge is 2.54. The third-order valence-electron chi connectivity index (χ3n) is 8.72. The van der Waals surface area contributed by atoms with Crippen LogP contribution < -0.4 is 0 Å². The van der Waals surface area contributed by atoms with E-state index in [0.717, 1.165) is 25.0 Å². The van der Waals surface area contributed by atoms with Crippen LogP contribution in [0.15, 0.2) is 76.0 Å². The summed E-state index contributed by atoms with van der Waals surface area (Å²) in [6.07, 6.45) is -4.26. The van der Waals surface area contributed by atoms with Crippen molar-refractivity contribution in [1.82, 2.24) is 4.90 Å². The smallest absolute Gasteiger partial charge is 0.410 e. The lowest BCUT2D eigenvalue weighted by Crippen LogP contribution is -2.62. The quantitative estimate of drug-likeness (QED) is 0.0776. The van der Waals surface area contributed by atoms with E-state index in [2.05, 4.69) is 30.1 Å². The number of amides is 1. The summed E-state index contributed by atoms with van der Waals surface area (Å²) in [6.45, 7) is 4.37. The van der Waals surface area contributed by atoms with Crippen molar-refractivity contribution in [3.8, 4) is 0 Å². The average Bonchev–Trinajstić information content (AvgIpc) is 3.09. The van der Waals surface area contributed by atoms with Gasteiger partial charge in [0.05, 0.1) is 30.3 Å². The molecule has 4 unspecified atom stereocenters. The van der Waals surface area contributed by atoms with Gasteiger partial charge < -0.3 is 18.9 Å². The highest BCUT2D eigenvalue weighted by molar-refractivity contribution is 5.68. The molecule has 0 N–H and O–H groups in total. The Kier molecular flexibility index (Phi) is 13.1. The molecule has 2 fully saturated rings. The molecule has 1 aliphatic heterocycles. The molecule has 1 heterocycles. The maximum atomic E-state index is 13.7. The van der Waals surface area contributed by atoms with Crippen molar-refractivity contribution in [2.24, 2.45) is 21.3 Å². The summed E-state index contributed by atoms with van der Waals surface area (Å²) >= 11 is 0. The molecule has 17 nitrogen and oxygen atoms in total. The second-order valence-electron chi connectivity index (χ2n) is 11.9. The van der Waals surface area contributed by atoms with Gasteiger partial charge in [-0.05, 0) is 53.9 Å². The molecule has 49 heavy (non-hydrogen) atoms. The van der Waals surface area contributed by atoms with Crippen LogP contribution in [0.2, 0.25) is 0 Å². The standard InChI is InChI=1S/C32H38N10O7/c1-19(42(17-22-10-6-4-7-11-22)32(45)46-18-23-12-8-5-9-13-23)27-15-14-24(36-39-33)29(49-27)28-25(37-40-34)16-26(38-41-35)30(47-20(2)43)31(28)48-21(3)44/h4-13,19,24-31H,14-18H2,1-3H3/t19-,24?,25?,26?,27-,28-,29?,30-,31-/m0/s1. The number of ether oxygens (including phenoxy) is 4. The molecular formula is C32H38N10O7. The molecule has 1 amide bonds. The van der Waals surface area contributed by atoms with E-state index in [9.17, 15) is 31.0 Å². The van der Waals surface area contributed by atoms with Crippen LogP contribution in [0.3, 0.4) is 0 Å². The number of benzene rings is 2. The van der Waals surface area contributed by atoms with Gasteiger partial charge in [-0.2, -0.15) is 0 Å². The van der Waals surface area contributed by atoms with Crippen LogP contribution in [0.4, 0.5) is 4.79 Å². The van der Waals surface area contributed by atoms with E-state index >= 15 is 0 Å². The van der Waals surface area contributed by atoms with Gasteiger partial charge >= 0.3 is 18.0 Å². The summed E-state index contributed by atoms with van der Waals surface area (Å²) in [7, 11) is 0. The highest BCUT2D eigenvalue weighted by Crippen LogP contribution is 2.42. The molecule has 1 aliphatic carbocycles. The van der Waals surface area contributed by atoms with E-state index in [1.807, 2.05) is 67.6 Å². The normalized spacial score (nSPS) is 26.7. The Morgan fingerprint density at radius 1 is 0.816 bits per heavy atom. The Balaban J connectivity index is 1.71. The average molecular weight is 675 g/mol. The van der Waals surface area contributed by atoms with Crippen molar-refractivity contribution in [2.75, 3.05) is 0 Å². The second kappa shape index (κ2) is 17.6. The molecule has 1 saturated carbocycles. The molecule has 0 bridgehead atoms. The number of hydrogen-bond donors (Lipinski definition) is 0. The minimum Gasteiger partial charge on any atom is -0.458 e. The fourth-order valence-corrected chi connectivity index (χ4v) is 6.56. The molecule has 4 rings (SSSR count). The van der Waals surface area contributed by atoms with Gasteiger partial charge in [-0.15, -0.1) is 0 Å². The third kappa shape index (κ3) is 9.55. The molecule has 2 aromatic rings. The van der Waals surface area contributed by atoms with E-state index in [-0.39, 0.29) is 19.6 Å². The zero-order valence-electron chi connectivity index (χ0n) is 27.3. The lowest BCUT2D eigenvalue weighted by Gasteiger charge is -2.50. The Morgan fingerprint density at radius 2 is 1.37 bits per heavy atom. The molecule has 0 radical (unpaired) electrons. The molecule has 2 aliphatic rings. The van der Waals surface area contributed by atoms with Crippen LogP contribution >= 0.6 is 0 Å². The zero-order valence-corrected chi connectivity index (χ0v) is 27.3. The van der Waals surface area contributed by atoms with Crippen LogP contribution in [0.1, 0.15) is 51.2 Å². The van der Waals surface area contributed by atoms with Gasteiger partial charge in [0.25, 0.3) is 0 Å². The summed E-state index contributed by atoms with van der Waals surface area (Å²) in [5.41, 5.74) is 30.0. The maximum Gasteiger partial charge on any atom is 0.410 e. The molecular weight excluding hydrogens is 636 g/mol. The molecule has 9 atom stereocenters. The number of hydrogen-bond acceptors (Lipinski definition) is 10. The Morgan fingerprint density at radius 3 is 1.96 bits per heavy atom. The van der Waals surface area contributed by atoms with Gasteiger partial charge in [0.1, 0.15) is 18.8 Å². The number of rotatable bonds is 12. The number of esters is 2. The van der Waals surface area contributed by atoms with Gasteiger partial charge in [0.2, 0.25) is 0 Å². The molecule has 17 heteroatoms. The first kappa shape index (κ1) is 36.4. The van der Waals surface area contributed by atoms with Gasteiger partial charge in [-0.25, -0.2) is 4.79 Å². The van der Waals surface area contributed by atoms with Crippen molar-refractivity contribution < 1.29 is 33.3 Å². The summed E-state index contributed by atoms with van der Waals surface area (Å²) in [5, 5.41) is 11.7. The minimum absolute atomic E-state index is 0.0503. The van der Waals surface area contributed by atoms with Crippen molar-refractivity contribution in [3.63, 3.8) is 0 Å². The van der Waals surface area contributed by atoms with Gasteiger partial charge in [0, 0.05) is 47.1 Å². The minimum atomic E-state index is -1.31. The van der Waals surface area contributed by atoms with Gasteiger partial charge in [0.15, 0.2) is 0 Å². The SMILES string of the molecule is CC(=O)O[C@H]1[C@H](C2O[C@H]([C@H](C)N(Cc3ccccc3)C(=O)OCc3ccccc3)CCC2N=[N+]=[N-])C(N=[N+]=[N-])CC(N=[N+]=[N-])[C@@H]1OC(C)=O. The highest BCUT2D eigenvalue weighted by atomic mass is 16.6. The van der Waals surface area contributed by atoms with Crippen LogP contribution in [-0.2, 0) is 41.7 Å². The fraction of sp³-hybridized carbons (Fsp3) is 0.531. The molecule has 1 saturated heterocycles. The van der Waals surface area contributed by atoms with E-state index in [0.29, 0.717) is 12.8 Å². The fourth-order valence-electron chi connectivity index (χ4n) is 6.56.